The summed E-state index contributed by atoms with van der Waals surface area (Å²) < 4.78 is 50.9. The molecule has 2 N–H and O–H groups in total. The molecule has 1 amide bonds. The number of hydrogen-bond acceptors (Lipinski definition) is 9. The zero-order valence-corrected chi connectivity index (χ0v) is 18.3. The van der Waals surface area contributed by atoms with Gasteiger partial charge in [-0.3, -0.25) is 9.59 Å². The molecule has 0 radical (unpaired) electrons. The first-order valence-corrected chi connectivity index (χ1v) is 11.1. The van der Waals surface area contributed by atoms with Gasteiger partial charge < -0.3 is 24.7 Å². The number of hydrogen-bond donors (Lipinski definition) is 1. The monoisotopic (exact) mass is 452 g/mol. The molecule has 0 saturated carbocycles. The Morgan fingerprint density at radius 1 is 1.16 bits per heavy atom. The van der Waals surface area contributed by atoms with E-state index in [-0.39, 0.29) is 17.2 Å². The predicted molar refractivity (Wildman–Crippen MR) is 107 cm³/mol. The minimum Gasteiger partial charge on any atom is -0.463 e. The second-order valence-corrected chi connectivity index (χ2v) is 9.80. The van der Waals surface area contributed by atoms with E-state index in [0.29, 0.717) is 9.87 Å². The van der Waals surface area contributed by atoms with Gasteiger partial charge in [0.15, 0.2) is 17.6 Å². The molecule has 1 aromatic carbocycles. The van der Waals surface area contributed by atoms with Gasteiger partial charge >= 0.3 is 5.97 Å². The van der Waals surface area contributed by atoms with E-state index in [1.165, 1.54) is 6.92 Å². The number of esters is 1. The summed E-state index contributed by atoms with van der Waals surface area (Å²) in [6, 6.07) is 8.23. The highest BCUT2D eigenvalue weighted by Gasteiger charge is 2.74. The third-order valence-electron chi connectivity index (χ3n) is 5.55. The lowest BCUT2D eigenvalue weighted by atomic mass is 9.83. The van der Waals surface area contributed by atoms with Gasteiger partial charge in [-0.2, -0.15) is 0 Å². The number of fused-ring (bicyclic) bond motifs is 2. The number of sulfonamides is 1. The lowest BCUT2D eigenvalue weighted by Gasteiger charge is -2.40. The Balaban J connectivity index is 1.98. The van der Waals surface area contributed by atoms with Gasteiger partial charge in [-0.15, -0.1) is 0 Å². The maximum Gasteiger partial charge on any atom is 0.302 e. The number of nitrogens with two attached hydrogens (primary N) is 1. The second kappa shape index (κ2) is 7.02. The summed E-state index contributed by atoms with van der Waals surface area (Å²) in [5.74, 6) is -2.49. The molecule has 2 saturated heterocycles. The van der Waals surface area contributed by atoms with E-state index in [1.807, 2.05) is 0 Å². The van der Waals surface area contributed by atoms with Gasteiger partial charge in [-0.1, -0.05) is 30.3 Å². The van der Waals surface area contributed by atoms with E-state index < -0.39 is 51.7 Å². The molecule has 3 aliphatic rings. The van der Waals surface area contributed by atoms with Crippen LogP contribution in [0.2, 0.25) is 0 Å². The topological polar surface area (TPSA) is 134 Å². The minimum atomic E-state index is -4.39. The standard InChI is InChI=1S/C20H24N2O8S/c1-11(23)22-20(16(21)15(31(22,25)26)13-8-6-5-7-9-13)14(10-27-12(2)24)28-18-17(20)29-19(3,4)30-18/h5-9,14,17-18H,10,21H2,1-4H3/t14-,17+,18-,20+/m1/s1. The molecule has 168 valence electrons. The quantitative estimate of drug-likeness (QED) is 0.657. The molecule has 0 bridgehead atoms. The van der Waals surface area contributed by atoms with Gasteiger partial charge in [0.1, 0.15) is 23.7 Å². The maximum absolute atomic E-state index is 13.6. The van der Waals surface area contributed by atoms with Crippen molar-refractivity contribution in [3.05, 3.63) is 41.6 Å². The maximum atomic E-state index is 13.6. The van der Waals surface area contributed by atoms with Gasteiger partial charge in [-0.05, 0) is 19.4 Å². The molecule has 1 aromatic rings. The van der Waals surface area contributed by atoms with Crippen LogP contribution in [0, 0.1) is 0 Å². The largest absolute Gasteiger partial charge is 0.463 e. The van der Waals surface area contributed by atoms with E-state index >= 15 is 0 Å². The summed E-state index contributed by atoms with van der Waals surface area (Å²) in [5, 5.41) is 0. The normalized spacial score (nSPS) is 33.0. The lowest BCUT2D eigenvalue weighted by Crippen LogP contribution is -2.64. The summed E-state index contributed by atoms with van der Waals surface area (Å²) in [4.78, 5) is 24.1. The summed E-state index contributed by atoms with van der Waals surface area (Å²) in [6.07, 6.45) is -3.23. The van der Waals surface area contributed by atoms with Crippen molar-refractivity contribution in [3.8, 4) is 0 Å². The molecule has 10 nitrogen and oxygen atoms in total. The minimum absolute atomic E-state index is 0.125. The number of ether oxygens (including phenoxy) is 4. The zero-order valence-electron chi connectivity index (χ0n) is 17.5. The molecule has 2 fully saturated rings. The molecule has 3 aliphatic heterocycles. The van der Waals surface area contributed by atoms with E-state index in [2.05, 4.69) is 0 Å². The first-order valence-electron chi connectivity index (χ1n) is 9.69. The molecule has 0 aromatic heterocycles. The fraction of sp³-hybridized carbons (Fsp3) is 0.500. The predicted octanol–water partition coefficient (Wildman–Crippen LogP) is 0.684. The van der Waals surface area contributed by atoms with E-state index in [9.17, 15) is 18.0 Å². The molecular weight excluding hydrogens is 428 g/mol. The molecule has 1 spiro atoms. The number of rotatable bonds is 3. The Bertz CT molecular complexity index is 1070. The van der Waals surface area contributed by atoms with Crippen molar-refractivity contribution in [1.29, 1.82) is 0 Å². The summed E-state index contributed by atoms with van der Waals surface area (Å²) >= 11 is 0. The van der Waals surface area contributed by atoms with Crippen molar-refractivity contribution in [2.45, 2.75) is 57.5 Å². The van der Waals surface area contributed by atoms with Gasteiger partial charge in [0.25, 0.3) is 10.0 Å². The van der Waals surface area contributed by atoms with E-state index in [0.717, 1.165) is 6.92 Å². The van der Waals surface area contributed by atoms with Crippen molar-refractivity contribution >= 4 is 26.8 Å². The Kier molecular flexibility index (Phi) is 4.93. The van der Waals surface area contributed by atoms with Gasteiger partial charge in [0.05, 0.1) is 5.70 Å². The van der Waals surface area contributed by atoms with Crippen molar-refractivity contribution in [2.24, 2.45) is 5.73 Å². The van der Waals surface area contributed by atoms with Crippen LogP contribution >= 0.6 is 0 Å². The Morgan fingerprint density at radius 2 is 1.81 bits per heavy atom. The van der Waals surface area contributed by atoms with Gasteiger partial charge in [0, 0.05) is 13.8 Å². The Morgan fingerprint density at radius 3 is 2.39 bits per heavy atom. The molecule has 0 aliphatic carbocycles. The Hall–Kier alpha value is -2.47. The third kappa shape index (κ3) is 3.06. The molecule has 4 atom stereocenters. The highest BCUT2D eigenvalue weighted by atomic mass is 32.2. The fourth-order valence-corrected chi connectivity index (χ4v) is 6.67. The van der Waals surface area contributed by atoms with Crippen LogP contribution in [0.5, 0.6) is 0 Å². The van der Waals surface area contributed by atoms with Crippen LogP contribution in [0.4, 0.5) is 0 Å². The van der Waals surface area contributed by atoms with Gasteiger partial charge in [-0.25, -0.2) is 12.7 Å². The fourth-order valence-electron chi connectivity index (χ4n) is 4.55. The average molecular weight is 452 g/mol. The molecule has 31 heavy (non-hydrogen) atoms. The van der Waals surface area contributed by atoms with Crippen molar-refractivity contribution in [3.63, 3.8) is 0 Å². The van der Waals surface area contributed by atoms with Crippen LogP contribution in [0.1, 0.15) is 33.3 Å². The van der Waals surface area contributed by atoms with Crippen molar-refractivity contribution in [2.75, 3.05) is 6.61 Å². The number of nitrogens with zero attached hydrogens (tertiary/aromatic N) is 1. The summed E-state index contributed by atoms with van der Waals surface area (Å²) in [7, 11) is -4.39. The van der Waals surface area contributed by atoms with Crippen LogP contribution in [0.15, 0.2) is 36.0 Å². The molecular formula is C20H24N2O8S. The third-order valence-corrected chi connectivity index (χ3v) is 7.56. The smallest absolute Gasteiger partial charge is 0.302 e. The number of benzene rings is 1. The van der Waals surface area contributed by atoms with Crippen molar-refractivity contribution < 1.29 is 37.0 Å². The van der Waals surface area contributed by atoms with Crippen molar-refractivity contribution in [1.82, 2.24) is 4.31 Å². The van der Waals surface area contributed by atoms with Crippen LogP contribution in [-0.4, -0.2) is 61.0 Å². The Labute approximate surface area is 179 Å². The highest BCUT2D eigenvalue weighted by Crippen LogP contribution is 2.55. The molecule has 11 heteroatoms. The van der Waals surface area contributed by atoms with Crippen LogP contribution < -0.4 is 5.73 Å². The highest BCUT2D eigenvalue weighted by molar-refractivity contribution is 7.99. The van der Waals surface area contributed by atoms with Crippen LogP contribution in [0.25, 0.3) is 4.91 Å². The number of amides is 1. The first kappa shape index (κ1) is 21.8. The molecule has 3 heterocycles. The summed E-state index contributed by atoms with van der Waals surface area (Å²) in [6.45, 7) is 5.27. The summed E-state index contributed by atoms with van der Waals surface area (Å²) in [5.41, 5.74) is 4.95. The first-order chi connectivity index (χ1) is 14.4. The van der Waals surface area contributed by atoms with Crippen LogP contribution in [-0.2, 0) is 38.6 Å². The molecule has 4 rings (SSSR count). The average Bonchev–Trinajstić information content (AvgIpc) is 3.17. The number of carbonyl (C=O) groups excluding carboxylic acids is 2. The zero-order chi connectivity index (χ0) is 22.8. The number of carbonyl (C=O) groups is 2. The van der Waals surface area contributed by atoms with Crippen LogP contribution in [0.3, 0.4) is 0 Å². The second-order valence-electron chi connectivity index (χ2n) is 8.07. The van der Waals surface area contributed by atoms with Gasteiger partial charge in [0.2, 0.25) is 5.91 Å². The lowest BCUT2D eigenvalue weighted by molar-refractivity contribution is -0.220. The SMILES string of the molecule is CC(=O)OC[C@H]1O[C@@H]2OC(C)(C)O[C@@H]2[C@@]12C(N)=C(c1ccccc1)S(=O)(=O)N2C(C)=O. The molecule has 0 unspecified atom stereocenters. The van der Waals surface area contributed by atoms with E-state index in [4.69, 9.17) is 24.7 Å². The van der Waals surface area contributed by atoms with E-state index in [1.54, 1.807) is 44.2 Å².